The maximum Gasteiger partial charge on any atom is 0.412 e. The summed E-state index contributed by atoms with van der Waals surface area (Å²) < 4.78 is 6.69. The topological polar surface area (TPSA) is 136 Å². The van der Waals surface area contributed by atoms with Crippen LogP contribution in [0.3, 0.4) is 0 Å². The number of ether oxygens (including phenoxy) is 1. The van der Waals surface area contributed by atoms with E-state index in [0.29, 0.717) is 46.0 Å². The minimum Gasteiger partial charge on any atom is -0.481 e. The van der Waals surface area contributed by atoms with Crippen LogP contribution in [0, 0.1) is 11.3 Å². The fourth-order valence-corrected chi connectivity index (χ4v) is 5.74. The van der Waals surface area contributed by atoms with Crippen molar-refractivity contribution in [2.45, 2.75) is 44.9 Å². The van der Waals surface area contributed by atoms with Gasteiger partial charge in [0.25, 0.3) is 0 Å². The van der Waals surface area contributed by atoms with E-state index in [2.05, 4.69) is 32.0 Å². The highest BCUT2D eigenvalue weighted by atomic mass is 16.5. The average molecular weight is 540 g/mol. The number of fused-ring (bicyclic) bond motifs is 3. The van der Waals surface area contributed by atoms with Crippen LogP contribution >= 0.6 is 0 Å². The van der Waals surface area contributed by atoms with Crippen LogP contribution in [0.4, 0.5) is 16.3 Å². The first-order valence-electron chi connectivity index (χ1n) is 13.1. The van der Waals surface area contributed by atoms with Crippen LogP contribution < -0.4 is 14.5 Å². The quantitative estimate of drug-likeness (QED) is 0.372. The van der Waals surface area contributed by atoms with Gasteiger partial charge in [-0.15, -0.1) is 0 Å². The Labute approximate surface area is 231 Å². The molecule has 1 N–H and O–H groups in total. The molecule has 4 aromatic rings. The summed E-state index contributed by atoms with van der Waals surface area (Å²) in [6.07, 6.45) is 8.48. The number of nitrogens with zero attached hydrogens (tertiary/aromatic N) is 9. The summed E-state index contributed by atoms with van der Waals surface area (Å²) in [6, 6.07) is 8.42. The number of anilines is 2. The van der Waals surface area contributed by atoms with E-state index in [0.717, 1.165) is 37.4 Å². The van der Waals surface area contributed by atoms with Crippen molar-refractivity contribution in [1.82, 2.24) is 29.5 Å². The van der Waals surface area contributed by atoms with Crippen LogP contribution in [-0.4, -0.2) is 79.0 Å². The average Bonchev–Trinajstić information content (AvgIpc) is 3.39. The minimum absolute atomic E-state index is 0.298. The molecule has 12 nitrogen and oxygen atoms in total. The highest BCUT2D eigenvalue weighted by Gasteiger charge is 2.44. The number of carbonyl (C=O) groups is 1. The third kappa shape index (κ3) is 4.44. The van der Waals surface area contributed by atoms with E-state index in [4.69, 9.17) is 14.7 Å². The Balaban J connectivity index is 1.23. The molecule has 3 fully saturated rings. The molecule has 0 aliphatic carbocycles. The van der Waals surface area contributed by atoms with Gasteiger partial charge in [0, 0.05) is 55.6 Å². The van der Waals surface area contributed by atoms with Crippen molar-refractivity contribution < 1.29 is 14.6 Å². The largest absolute Gasteiger partial charge is 0.481 e. The van der Waals surface area contributed by atoms with E-state index in [9.17, 15) is 15.2 Å². The molecule has 0 spiro atoms. The maximum absolute atomic E-state index is 12.0. The van der Waals surface area contributed by atoms with Gasteiger partial charge in [0.05, 0.1) is 54.4 Å². The molecule has 4 aromatic heterocycles. The Morgan fingerprint density at radius 2 is 1.98 bits per heavy atom. The van der Waals surface area contributed by atoms with E-state index in [-0.39, 0.29) is 6.04 Å². The van der Waals surface area contributed by atoms with Gasteiger partial charge < -0.3 is 14.7 Å². The van der Waals surface area contributed by atoms with Crippen LogP contribution in [0.2, 0.25) is 0 Å². The van der Waals surface area contributed by atoms with Crippen LogP contribution in [0.5, 0.6) is 5.88 Å². The molecule has 3 aliphatic heterocycles. The van der Waals surface area contributed by atoms with Crippen LogP contribution in [0.1, 0.15) is 31.4 Å². The molecule has 2 atom stereocenters. The van der Waals surface area contributed by atoms with E-state index in [1.54, 1.807) is 45.6 Å². The van der Waals surface area contributed by atoms with Gasteiger partial charge in [-0.1, -0.05) is 6.07 Å². The molecule has 40 heavy (non-hydrogen) atoms. The molecule has 0 radical (unpaired) electrons. The zero-order valence-corrected chi connectivity index (χ0v) is 22.5. The van der Waals surface area contributed by atoms with Gasteiger partial charge in [-0.05, 0) is 31.9 Å². The van der Waals surface area contributed by atoms with Gasteiger partial charge >= 0.3 is 6.09 Å². The molecule has 2 unspecified atom stereocenters. The summed E-state index contributed by atoms with van der Waals surface area (Å²) >= 11 is 0. The zero-order chi connectivity index (χ0) is 28.0. The third-order valence-electron chi connectivity index (χ3n) is 7.67. The first kappa shape index (κ1) is 25.5. The van der Waals surface area contributed by atoms with Gasteiger partial charge in [0.1, 0.15) is 11.9 Å². The number of aromatic nitrogens is 5. The number of rotatable bonds is 7. The van der Waals surface area contributed by atoms with Crippen molar-refractivity contribution >= 4 is 23.1 Å². The molecule has 0 saturated carbocycles. The lowest BCUT2D eigenvalue weighted by molar-refractivity contribution is -0.00879. The van der Waals surface area contributed by atoms with Crippen LogP contribution in [-0.2, 0) is 6.54 Å². The number of hydrogen-bond donors (Lipinski definition) is 1. The summed E-state index contributed by atoms with van der Waals surface area (Å²) in [5, 5.41) is 23.8. The van der Waals surface area contributed by atoms with E-state index in [1.165, 1.54) is 15.6 Å². The standard InChI is InChI=1S/C28H29N9O3/c1-17(2)37(28(38)39)22-7-23(27-19(8-29)10-33-36(27)16-22)24-11-31-25(12-30-24)34-14-20-6-21(15-34)35(20)13-18-4-5-26(40-3)32-9-18/h4-5,7,9-12,16-17,20-21H,6,13-15H2,1-3H3,(H,38,39). The van der Waals surface area contributed by atoms with Gasteiger partial charge in [-0.25, -0.2) is 19.3 Å². The minimum atomic E-state index is -1.07. The Morgan fingerprint density at radius 3 is 2.58 bits per heavy atom. The first-order valence-corrected chi connectivity index (χ1v) is 13.1. The predicted molar refractivity (Wildman–Crippen MR) is 147 cm³/mol. The second-order valence-corrected chi connectivity index (χ2v) is 10.4. The van der Waals surface area contributed by atoms with Crippen molar-refractivity contribution in [3.05, 3.63) is 60.3 Å². The summed E-state index contributed by atoms with van der Waals surface area (Å²) in [5.41, 5.74) is 3.67. The summed E-state index contributed by atoms with van der Waals surface area (Å²) in [5.74, 6) is 1.41. The second kappa shape index (κ2) is 10.1. The summed E-state index contributed by atoms with van der Waals surface area (Å²) in [7, 11) is 1.62. The lowest BCUT2D eigenvalue weighted by Gasteiger charge is -2.56. The lowest BCUT2D eigenvalue weighted by Crippen LogP contribution is -2.68. The van der Waals surface area contributed by atoms with E-state index in [1.807, 2.05) is 12.3 Å². The van der Waals surface area contributed by atoms with Crippen molar-refractivity contribution in [1.29, 1.82) is 5.26 Å². The van der Waals surface area contributed by atoms with Crippen LogP contribution in [0.15, 0.2) is 49.2 Å². The van der Waals surface area contributed by atoms with Crippen molar-refractivity contribution in [3.63, 3.8) is 0 Å². The van der Waals surface area contributed by atoms with Gasteiger partial charge in [-0.3, -0.25) is 14.8 Å². The predicted octanol–water partition coefficient (Wildman–Crippen LogP) is 3.42. The first-order chi connectivity index (χ1) is 19.4. The van der Waals surface area contributed by atoms with Gasteiger partial charge in [0.2, 0.25) is 5.88 Å². The fraction of sp³-hybridized carbons (Fsp3) is 0.357. The van der Waals surface area contributed by atoms with Gasteiger partial charge in [0.15, 0.2) is 0 Å². The molecule has 0 aromatic carbocycles. The lowest BCUT2D eigenvalue weighted by atomic mass is 9.87. The number of piperazine rings is 1. The smallest absolute Gasteiger partial charge is 0.412 e. The number of amides is 1. The second-order valence-electron chi connectivity index (χ2n) is 10.4. The molecule has 204 valence electrons. The molecule has 3 saturated heterocycles. The normalized spacial score (nSPS) is 18.4. The fourth-order valence-electron chi connectivity index (χ4n) is 5.74. The van der Waals surface area contributed by atoms with Crippen molar-refractivity contribution in [2.24, 2.45) is 0 Å². The van der Waals surface area contributed by atoms with Gasteiger partial charge in [-0.2, -0.15) is 10.4 Å². The Morgan fingerprint density at radius 1 is 1.18 bits per heavy atom. The summed E-state index contributed by atoms with van der Waals surface area (Å²) in [6.45, 7) is 6.17. The number of methoxy groups -OCH3 is 1. The number of carboxylic acid groups (broad SMARTS) is 1. The maximum atomic E-state index is 12.0. The molecule has 3 aliphatic rings. The number of hydrogen-bond acceptors (Lipinski definition) is 9. The molecule has 2 bridgehead atoms. The summed E-state index contributed by atoms with van der Waals surface area (Å²) in [4.78, 5) is 31.8. The number of nitriles is 1. The van der Waals surface area contributed by atoms with E-state index >= 15 is 0 Å². The SMILES string of the molecule is COc1ccc(CN2C3CC2CN(c2cnc(-c4cc(N(C(=O)O)C(C)C)cn5ncc(C#N)c45)cn2)C3)cn1. The highest BCUT2D eigenvalue weighted by Crippen LogP contribution is 2.36. The molecular weight excluding hydrogens is 510 g/mol. The molecule has 7 rings (SSSR count). The molecule has 7 heterocycles. The number of piperidine rings is 1. The van der Waals surface area contributed by atoms with Crippen molar-refractivity contribution in [3.8, 4) is 23.2 Å². The molecule has 1 amide bonds. The van der Waals surface area contributed by atoms with Crippen LogP contribution in [0.25, 0.3) is 16.8 Å². The molecule has 12 heteroatoms. The van der Waals surface area contributed by atoms with Crippen molar-refractivity contribution in [2.75, 3.05) is 30.0 Å². The third-order valence-corrected chi connectivity index (χ3v) is 7.67. The Kier molecular flexibility index (Phi) is 6.43. The molecular formula is C28H29N9O3. The Bertz CT molecular complexity index is 1580. The monoisotopic (exact) mass is 539 g/mol. The zero-order valence-electron chi connectivity index (χ0n) is 22.5. The van der Waals surface area contributed by atoms with E-state index < -0.39 is 6.09 Å². The Hall–Kier alpha value is -4.76. The number of pyridine rings is 2. The highest BCUT2D eigenvalue weighted by molar-refractivity contribution is 5.91.